The molecule has 0 bridgehead atoms. The lowest BCUT2D eigenvalue weighted by Gasteiger charge is -2.32. The van der Waals surface area contributed by atoms with Crippen molar-refractivity contribution in [1.82, 2.24) is 9.21 Å². The third-order valence-corrected chi connectivity index (χ3v) is 5.97. The molecule has 2 saturated heterocycles. The van der Waals surface area contributed by atoms with Gasteiger partial charge in [0.2, 0.25) is 5.96 Å². The predicted octanol–water partition coefficient (Wildman–Crippen LogP) is 3.73. The Hall–Kier alpha value is 0.120. The maximum Gasteiger partial charge on any atom is 0.250 e. The second-order valence-electron chi connectivity index (χ2n) is 5.70. The Bertz CT molecular complexity index is 484. The Kier molecular flexibility index (Phi) is 5.66. The molecule has 0 radical (unpaired) electrons. The Balaban J connectivity index is 1.88. The van der Waals surface area contributed by atoms with Crippen LogP contribution in [0.15, 0.2) is 13.8 Å². The van der Waals surface area contributed by atoms with E-state index >= 15 is 0 Å². The molecular weight excluding hydrogens is 365 g/mol. The van der Waals surface area contributed by atoms with Gasteiger partial charge in [0.1, 0.15) is 11.1 Å². The van der Waals surface area contributed by atoms with Gasteiger partial charge >= 0.3 is 0 Å². The maximum absolute atomic E-state index is 6.04. The van der Waals surface area contributed by atoms with Crippen LogP contribution in [0.1, 0.15) is 38.5 Å². The number of amidine groups is 1. The average Bonchev–Trinajstić information content (AvgIpc) is 2.55. The predicted molar refractivity (Wildman–Crippen MR) is 95.8 cm³/mol. The van der Waals surface area contributed by atoms with E-state index < -0.39 is 14.9 Å². The molecule has 3 aliphatic heterocycles. The summed E-state index contributed by atoms with van der Waals surface area (Å²) in [5.74, 6) is 0.951. The highest BCUT2D eigenvalue weighted by atomic mass is 35.6. The van der Waals surface area contributed by atoms with Gasteiger partial charge in [0.05, 0.1) is 0 Å². The van der Waals surface area contributed by atoms with Gasteiger partial charge in [-0.2, -0.15) is 13.8 Å². The summed E-state index contributed by atoms with van der Waals surface area (Å²) in [4.78, 5) is 6.63. The Labute approximate surface area is 149 Å². The van der Waals surface area contributed by atoms with Crippen molar-refractivity contribution >= 4 is 57.7 Å². The molecule has 1 atom stereocenters. The Morgan fingerprint density at radius 1 is 0.864 bits per heavy atom. The molecule has 0 saturated carbocycles. The normalized spacial score (nSPS) is 28.0. The summed E-state index contributed by atoms with van der Waals surface area (Å²) < 4.78 is 9.95. The summed E-state index contributed by atoms with van der Waals surface area (Å²) in [6.45, 7) is 3.92. The van der Waals surface area contributed by atoms with E-state index in [1.165, 1.54) is 25.7 Å². The van der Waals surface area contributed by atoms with Crippen LogP contribution in [-0.4, -0.2) is 51.0 Å². The standard InChI is InChI=1S/C13H20Cl3N5S/c14-13(15,16)11-17-12(20-7-3-1-4-8-20)19-22(18-11)21-9-5-2-6-10-21/h1-10H2/t22-/m0/s1. The number of guanidine groups is 1. The van der Waals surface area contributed by atoms with Gasteiger partial charge in [-0.1, -0.05) is 41.2 Å². The quantitative estimate of drug-likeness (QED) is 0.647. The highest BCUT2D eigenvalue weighted by Crippen LogP contribution is 2.31. The van der Waals surface area contributed by atoms with E-state index in [0.717, 1.165) is 39.0 Å². The smallest absolute Gasteiger partial charge is 0.250 e. The third-order valence-electron chi connectivity index (χ3n) is 3.98. The monoisotopic (exact) mass is 383 g/mol. The number of alkyl halides is 3. The molecule has 0 spiro atoms. The number of hydrogen-bond acceptors (Lipinski definition) is 5. The van der Waals surface area contributed by atoms with E-state index in [9.17, 15) is 0 Å². The van der Waals surface area contributed by atoms with Crippen LogP contribution in [0.2, 0.25) is 0 Å². The molecular formula is C13H20Cl3N5S. The summed E-state index contributed by atoms with van der Waals surface area (Å²) in [6, 6.07) is 0. The third kappa shape index (κ3) is 4.15. The van der Waals surface area contributed by atoms with Gasteiger partial charge < -0.3 is 4.90 Å². The first kappa shape index (κ1) is 17.0. The summed E-state index contributed by atoms with van der Waals surface area (Å²) >= 11 is 17.5. The van der Waals surface area contributed by atoms with E-state index in [2.05, 4.69) is 18.6 Å². The van der Waals surface area contributed by atoms with E-state index in [1.54, 1.807) is 0 Å². The summed E-state index contributed by atoms with van der Waals surface area (Å²) in [6.07, 6.45) is 7.19. The summed E-state index contributed by atoms with van der Waals surface area (Å²) in [5.41, 5.74) is 0. The fourth-order valence-electron chi connectivity index (χ4n) is 2.79. The molecule has 22 heavy (non-hydrogen) atoms. The van der Waals surface area contributed by atoms with Crippen molar-refractivity contribution in [3.8, 4) is 0 Å². The molecule has 3 aliphatic rings. The molecule has 0 N–H and O–H groups in total. The minimum absolute atomic E-state index is 0.266. The molecule has 3 rings (SSSR count). The number of piperidine rings is 2. The second kappa shape index (κ2) is 7.34. The number of rotatable bonds is 1. The van der Waals surface area contributed by atoms with E-state index in [0.29, 0.717) is 5.96 Å². The van der Waals surface area contributed by atoms with Crippen molar-refractivity contribution in [2.24, 2.45) is 13.8 Å². The van der Waals surface area contributed by atoms with E-state index in [-0.39, 0.29) is 5.84 Å². The Morgan fingerprint density at radius 2 is 1.45 bits per heavy atom. The van der Waals surface area contributed by atoms with Crippen LogP contribution in [0, 0.1) is 0 Å². The lowest BCUT2D eigenvalue weighted by molar-refractivity contribution is 0.339. The average molecular weight is 385 g/mol. The van der Waals surface area contributed by atoms with Gasteiger partial charge in [-0.05, 0) is 32.1 Å². The molecule has 5 nitrogen and oxygen atoms in total. The van der Waals surface area contributed by atoms with Crippen molar-refractivity contribution in [1.29, 1.82) is 0 Å². The molecule has 0 aromatic heterocycles. The molecule has 0 aliphatic carbocycles. The zero-order valence-corrected chi connectivity index (χ0v) is 15.4. The van der Waals surface area contributed by atoms with Crippen LogP contribution in [0.4, 0.5) is 0 Å². The number of likely N-dealkylation sites (tertiary alicyclic amines) is 1. The zero-order valence-electron chi connectivity index (χ0n) is 12.3. The minimum Gasteiger partial charge on any atom is -0.340 e. The highest BCUT2D eigenvalue weighted by Gasteiger charge is 2.33. The van der Waals surface area contributed by atoms with Crippen molar-refractivity contribution in [3.05, 3.63) is 0 Å². The Morgan fingerprint density at radius 3 is 2.05 bits per heavy atom. The van der Waals surface area contributed by atoms with Crippen molar-refractivity contribution in [2.45, 2.75) is 42.3 Å². The maximum atomic E-state index is 6.04. The summed E-state index contributed by atoms with van der Waals surface area (Å²) in [7, 11) is 0. The number of hydrogen-bond donors (Lipinski definition) is 0. The fraction of sp³-hybridized carbons (Fsp3) is 0.846. The van der Waals surface area contributed by atoms with Crippen LogP contribution < -0.4 is 0 Å². The van der Waals surface area contributed by atoms with Gasteiger partial charge in [0.25, 0.3) is 3.79 Å². The topological polar surface area (TPSA) is 43.6 Å². The van der Waals surface area contributed by atoms with Crippen LogP contribution in [0.5, 0.6) is 0 Å². The van der Waals surface area contributed by atoms with Crippen LogP contribution in [0.3, 0.4) is 0 Å². The van der Waals surface area contributed by atoms with Gasteiger partial charge in [-0.25, -0.2) is 4.31 Å². The minimum atomic E-state index is -1.60. The fourth-order valence-corrected chi connectivity index (χ4v) is 4.68. The van der Waals surface area contributed by atoms with Gasteiger partial charge in [0.15, 0.2) is 5.84 Å². The molecule has 124 valence electrons. The molecule has 0 aromatic carbocycles. The molecule has 0 unspecified atom stereocenters. The number of aliphatic imine (C=N–C) groups is 1. The summed E-state index contributed by atoms with van der Waals surface area (Å²) in [5, 5.41) is 0. The first-order valence-corrected chi connectivity index (χ1v) is 9.98. The second-order valence-corrected chi connectivity index (χ2v) is 9.35. The molecule has 9 heteroatoms. The molecule has 0 amide bonds. The number of halogens is 3. The molecule has 3 heterocycles. The van der Waals surface area contributed by atoms with E-state index in [4.69, 9.17) is 39.2 Å². The molecule has 0 aromatic rings. The first-order chi connectivity index (χ1) is 10.5. The van der Waals surface area contributed by atoms with Crippen LogP contribution >= 0.6 is 34.8 Å². The van der Waals surface area contributed by atoms with Crippen molar-refractivity contribution in [3.63, 3.8) is 0 Å². The number of nitrogens with zero attached hydrogens (tertiary/aromatic N) is 5. The van der Waals surface area contributed by atoms with Crippen LogP contribution in [-0.2, 0) is 11.1 Å². The SMILES string of the molecule is ClC(Cl)(Cl)C1=N[S@](N2CCCCC2)=NC(N2CCCCC2)=N1. The zero-order chi connectivity index (χ0) is 15.6. The van der Waals surface area contributed by atoms with Gasteiger partial charge in [0, 0.05) is 26.2 Å². The largest absolute Gasteiger partial charge is 0.340 e. The van der Waals surface area contributed by atoms with E-state index in [1.807, 2.05) is 0 Å². The highest BCUT2D eigenvalue weighted by molar-refractivity contribution is 7.84. The van der Waals surface area contributed by atoms with Crippen molar-refractivity contribution in [2.75, 3.05) is 26.2 Å². The van der Waals surface area contributed by atoms with Crippen molar-refractivity contribution < 1.29 is 0 Å². The van der Waals surface area contributed by atoms with Crippen LogP contribution in [0.25, 0.3) is 0 Å². The first-order valence-electron chi connectivity index (χ1n) is 7.75. The van der Waals surface area contributed by atoms with Gasteiger partial charge in [-0.3, -0.25) is 0 Å². The lowest BCUT2D eigenvalue weighted by atomic mass is 10.1. The lowest BCUT2D eigenvalue weighted by Crippen LogP contribution is -2.40. The van der Waals surface area contributed by atoms with Gasteiger partial charge in [-0.15, -0.1) is 0 Å². The molecule has 2 fully saturated rings.